The predicted octanol–water partition coefficient (Wildman–Crippen LogP) is 5.08. The van der Waals surface area contributed by atoms with Crippen LogP contribution in [0.1, 0.15) is 80.8 Å². The number of hydrogen-bond acceptors (Lipinski definition) is 4. The highest BCUT2D eigenvalue weighted by atomic mass is 16.5. The van der Waals surface area contributed by atoms with Crippen molar-refractivity contribution in [2.24, 2.45) is 0 Å². The molecule has 2 aromatic rings. The second-order valence-corrected chi connectivity index (χ2v) is 7.37. The summed E-state index contributed by atoms with van der Waals surface area (Å²) in [5.74, 6) is 0.240. The zero-order valence-electron chi connectivity index (χ0n) is 16.7. The zero-order chi connectivity index (χ0) is 19.1. The number of unbranched alkanes of at least 4 members (excludes halogenated alkanes) is 1. The predicted molar refractivity (Wildman–Crippen MR) is 107 cm³/mol. The molecule has 0 saturated heterocycles. The number of hydrogen-bond donors (Lipinski definition) is 0. The van der Waals surface area contributed by atoms with Crippen molar-refractivity contribution in [3.8, 4) is 0 Å². The molecule has 0 bridgehead atoms. The molecule has 27 heavy (non-hydrogen) atoms. The first kappa shape index (κ1) is 19.9. The molecule has 0 spiro atoms. The van der Waals surface area contributed by atoms with Crippen LogP contribution in [0.4, 0.5) is 0 Å². The van der Waals surface area contributed by atoms with Crippen LogP contribution in [0.2, 0.25) is 0 Å². The second kappa shape index (κ2) is 9.88. The molecule has 2 heterocycles. The summed E-state index contributed by atoms with van der Waals surface area (Å²) in [6.45, 7) is 6.56. The van der Waals surface area contributed by atoms with E-state index in [0.717, 1.165) is 31.6 Å². The lowest BCUT2D eigenvalue weighted by Gasteiger charge is -2.21. The number of fused-ring (bicyclic) bond motifs is 1. The fourth-order valence-corrected chi connectivity index (χ4v) is 3.93. The number of nitrogens with zero attached hydrogens (tertiary/aromatic N) is 2. The van der Waals surface area contributed by atoms with Crippen molar-refractivity contribution in [3.63, 3.8) is 0 Å². The smallest absolute Gasteiger partial charge is 0.356 e. The van der Waals surface area contributed by atoms with Gasteiger partial charge in [-0.3, -0.25) is 0 Å². The lowest BCUT2D eigenvalue weighted by Crippen LogP contribution is -2.09. The quantitative estimate of drug-likeness (QED) is 0.455. The molecular weight excluding hydrogens is 340 g/mol. The minimum atomic E-state index is -0.356. The average Bonchev–Trinajstić information content (AvgIpc) is 3.06. The maximum atomic E-state index is 12.1. The Labute approximate surface area is 162 Å². The zero-order valence-corrected chi connectivity index (χ0v) is 16.7. The molecule has 1 fully saturated rings. The maximum Gasteiger partial charge on any atom is 0.356 e. The Morgan fingerprint density at radius 3 is 2.74 bits per heavy atom. The Bertz CT molecular complexity index is 747. The Morgan fingerprint density at radius 2 is 2.00 bits per heavy atom. The summed E-state index contributed by atoms with van der Waals surface area (Å²) >= 11 is 0. The van der Waals surface area contributed by atoms with Gasteiger partial charge in [0, 0.05) is 24.7 Å². The molecule has 1 aliphatic carbocycles. The maximum absolute atomic E-state index is 12.1. The van der Waals surface area contributed by atoms with Crippen molar-refractivity contribution >= 4 is 17.0 Å². The Balaban J connectivity index is 1.87. The number of aromatic nitrogens is 2. The van der Waals surface area contributed by atoms with Gasteiger partial charge in [-0.25, -0.2) is 9.78 Å². The van der Waals surface area contributed by atoms with Crippen LogP contribution >= 0.6 is 0 Å². The third-order valence-corrected chi connectivity index (χ3v) is 5.40. The molecule has 2 aromatic heterocycles. The first-order valence-corrected chi connectivity index (χ1v) is 10.5. The highest BCUT2D eigenvalue weighted by Crippen LogP contribution is 2.37. The Kier molecular flexibility index (Phi) is 7.27. The monoisotopic (exact) mass is 372 g/mol. The van der Waals surface area contributed by atoms with E-state index < -0.39 is 0 Å². The highest BCUT2D eigenvalue weighted by molar-refractivity contribution is 5.91. The Hall–Kier alpha value is -1.88. The number of pyridine rings is 1. The number of carbonyl (C=O) groups excluding carboxylic acids is 1. The van der Waals surface area contributed by atoms with Crippen LogP contribution in [0.5, 0.6) is 0 Å². The van der Waals surface area contributed by atoms with Crippen molar-refractivity contribution < 1.29 is 14.3 Å². The first-order valence-electron chi connectivity index (χ1n) is 10.5. The van der Waals surface area contributed by atoms with E-state index in [9.17, 15) is 4.79 Å². The molecule has 0 N–H and O–H groups in total. The molecule has 1 aliphatic rings. The average molecular weight is 373 g/mol. The largest absolute Gasteiger partial charge is 0.461 e. The molecule has 5 heteroatoms. The van der Waals surface area contributed by atoms with Crippen LogP contribution in [0.3, 0.4) is 0 Å². The third kappa shape index (κ3) is 4.89. The molecule has 0 amide bonds. The summed E-state index contributed by atoms with van der Waals surface area (Å²) in [5.41, 5.74) is 2.63. The number of esters is 1. The van der Waals surface area contributed by atoms with Gasteiger partial charge in [0.2, 0.25) is 0 Å². The van der Waals surface area contributed by atoms with Gasteiger partial charge < -0.3 is 14.0 Å². The van der Waals surface area contributed by atoms with Gasteiger partial charge in [0.1, 0.15) is 5.65 Å². The molecule has 148 valence electrons. The molecule has 1 saturated carbocycles. The van der Waals surface area contributed by atoms with Crippen LogP contribution in [0, 0.1) is 0 Å². The van der Waals surface area contributed by atoms with Crippen molar-refractivity contribution in [1.29, 1.82) is 0 Å². The van der Waals surface area contributed by atoms with Crippen LogP contribution in [-0.4, -0.2) is 35.3 Å². The van der Waals surface area contributed by atoms with Crippen molar-refractivity contribution in [2.45, 2.75) is 71.3 Å². The van der Waals surface area contributed by atoms with Gasteiger partial charge in [-0.2, -0.15) is 0 Å². The summed E-state index contributed by atoms with van der Waals surface area (Å²) in [7, 11) is 0. The standard InChI is InChI=1S/C22H32N2O3/c1-3-5-14-26-15-13-24-16-19(17-9-7-6-8-10-17)18-11-12-20(23-21(18)24)22(25)27-4-2/h11-12,16-17H,3-10,13-15H2,1-2H3. The molecule has 0 unspecified atom stereocenters. The fourth-order valence-electron chi connectivity index (χ4n) is 3.93. The SMILES string of the molecule is CCCCOCCn1cc(C2CCCCC2)c2ccc(C(=O)OCC)nc21. The molecule has 0 radical (unpaired) electrons. The third-order valence-electron chi connectivity index (χ3n) is 5.40. The van der Waals surface area contributed by atoms with Gasteiger partial charge in [-0.15, -0.1) is 0 Å². The summed E-state index contributed by atoms with van der Waals surface area (Å²) in [4.78, 5) is 16.8. The lowest BCUT2D eigenvalue weighted by molar-refractivity contribution is 0.0520. The topological polar surface area (TPSA) is 53.4 Å². The van der Waals surface area contributed by atoms with E-state index in [-0.39, 0.29) is 5.97 Å². The summed E-state index contributed by atoms with van der Waals surface area (Å²) < 4.78 is 13.0. The summed E-state index contributed by atoms with van der Waals surface area (Å²) in [6, 6.07) is 3.85. The number of carbonyl (C=O) groups is 1. The molecule has 0 aliphatic heterocycles. The van der Waals surface area contributed by atoms with Crippen LogP contribution in [0.25, 0.3) is 11.0 Å². The lowest BCUT2D eigenvalue weighted by atomic mass is 9.84. The van der Waals surface area contributed by atoms with Crippen molar-refractivity contribution in [2.75, 3.05) is 19.8 Å². The first-order chi connectivity index (χ1) is 13.2. The van der Waals surface area contributed by atoms with Gasteiger partial charge in [0.15, 0.2) is 5.69 Å². The van der Waals surface area contributed by atoms with Gasteiger partial charge in [-0.05, 0) is 49.8 Å². The van der Waals surface area contributed by atoms with Crippen LogP contribution < -0.4 is 0 Å². The van der Waals surface area contributed by atoms with Gasteiger partial charge in [0.25, 0.3) is 0 Å². The minimum Gasteiger partial charge on any atom is -0.461 e. The molecule has 0 atom stereocenters. The second-order valence-electron chi connectivity index (χ2n) is 7.37. The normalized spacial score (nSPS) is 15.3. The van der Waals surface area contributed by atoms with E-state index >= 15 is 0 Å². The summed E-state index contributed by atoms with van der Waals surface area (Å²) in [5, 5.41) is 1.17. The van der Waals surface area contributed by atoms with Crippen LogP contribution in [0.15, 0.2) is 18.3 Å². The van der Waals surface area contributed by atoms with Crippen molar-refractivity contribution in [3.05, 3.63) is 29.6 Å². The molecule has 5 nitrogen and oxygen atoms in total. The van der Waals surface area contributed by atoms with E-state index in [1.165, 1.54) is 43.1 Å². The highest BCUT2D eigenvalue weighted by Gasteiger charge is 2.22. The molecule has 0 aromatic carbocycles. The van der Waals surface area contributed by atoms with Crippen molar-refractivity contribution in [1.82, 2.24) is 9.55 Å². The number of ether oxygens (including phenoxy) is 2. The minimum absolute atomic E-state index is 0.356. The van der Waals surface area contributed by atoms with E-state index in [1.54, 1.807) is 6.07 Å². The number of rotatable bonds is 9. The van der Waals surface area contributed by atoms with E-state index in [2.05, 4.69) is 22.7 Å². The van der Waals surface area contributed by atoms with Gasteiger partial charge in [0.05, 0.1) is 13.2 Å². The molecule has 3 rings (SSSR count). The fraction of sp³-hybridized carbons (Fsp3) is 0.636. The van der Waals surface area contributed by atoms with Crippen LogP contribution in [-0.2, 0) is 16.0 Å². The van der Waals surface area contributed by atoms with E-state index in [1.807, 2.05) is 13.0 Å². The van der Waals surface area contributed by atoms with E-state index in [0.29, 0.717) is 24.8 Å². The molecular formula is C22H32N2O3. The summed E-state index contributed by atoms with van der Waals surface area (Å²) in [6.07, 6.45) is 10.9. The van der Waals surface area contributed by atoms with Gasteiger partial charge >= 0.3 is 5.97 Å². The van der Waals surface area contributed by atoms with Gasteiger partial charge in [-0.1, -0.05) is 32.6 Å². The Morgan fingerprint density at radius 1 is 1.19 bits per heavy atom. The van der Waals surface area contributed by atoms with E-state index in [4.69, 9.17) is 9.47 Å².